The molecule has 6 heteroatoms. The molecule has 1 N–H and O–H groups in total. The topological polar surface area (TPSA) is 59.8 Å². The van der Waals surface area contributed by atoms with Crippen LogP contribution in [-0.2, 0) is 0 Å². The highest BCUT2D eigenvalue weighted by molar-refractivity contribution is 6.34. The molecular formula is C19H19ClN4O. The second-order valence-electron chi connectivity index (χ2n) is 6.61. The zero-order valence-electron chi connectivity index (χ0n) is 14.0. The molecule has 1 heterocycles. The van der Waals surface area contributed by atoms with Crippen LogP contribution in [0, 0.1) is 6.92 Å². The first-order valence-electron chi connectivity index (χ1n) is 8.54. The Kier molecular flexibility index (Phi) is 4.17. The summed E-state index contributed by atoms with van der Waals surface area (Å²) in [5.74, 6) is -0.205. The van der Waals surface area contributed by atoms with Crippen LogP contribution in [0.25, 0.3) is 11.0 Å². The first kappa shape index (κ1) is 16.1. The van der Waals surface area contributed by atoms with Crippen LogP contribution < -0.4 is 5.32 Å². The third kappa shape index (κ3) is 3.12. The van der Waals surface area contributed by atoms with E-state index >= 15 is 0 Å². The lowest BCUT2D eigenvalue weighted by Crippen LogP contribution is -2.12. The van der Waals surface area contributed by atoms with E-state index in [1.807, 2.05) is 41.9 Å². The van der Waals surface area contributed by atoms with Gasteiger partial charge < -0.3 is 5.32 Å². The molecule has 0 radical (unpaired) electrons. The minimum atomic E-state index is -0.205. The van der Waals surface area contributed by atoms with Gasteiger partial charge in [0.05, 0.1) is 22.3 Å². The maximum atomic E-state index is 12.5. The van der Waals surface area contributed by atoms with Gasteiger partial charge in [0.25, 0.3) is 5.91 Å². The lowest BCUT2D eigenvalue weighted by Gasteiger charge is -2.10. The van der Waals surface area contributed by atoms with Crippen LogP contribution in [0.2, 0.25) is 5.02 Å². The van der Waals surface area contributed by atoms with E-state index in [2.05, 4.69) is 15.6 Å². The number of fused-ring (bicyclic) bond motifs is 1. The predicted molar refractivity (Wildman–Crippen MR) is 99.2 cm³/mol. The average molecular weight is 355 g/mol. The number of nitrogens with one attached hydrogen (secondary N) is 1. The van der Waals surface area contributed by atoms with Gasteiger partial charge in [0.2, 0.25) is 0 Å². The van der Waals surface area contributed by atoms with Gasteiger partial charge in [0.15, 0.2) is 0 Å². The van der Waals surface area contributed by atoms with Gasteiger partial charge in [-0.25, -0.2) is 4.68 Å². The number of rotatable bonds is 3. The van der Waals surface area contributed by atoms with Crippen molar-refractivity contribution in [2.24, 2.45) is 0 Å². The minimum Gasteiger partial charge on any atom is -0.321 e. The van der Waals surface area contributed by atoms with Gasteiger partial charge in [0.1, 0.15) is 5.52 Å². The van der Waals surface area contributed by atoms with E-state index in [4.69, 9.17) is 11.6 Å². The summed E-state index contributed by atoms with van der Waals surface area (Å²) in [6.07, 6.45) is 4.77. The van der Waals surface area contributed by atoms with Crippen LogP contribution in [0.4, 0.5) is 5.69 Å². The highest BCUT2D eigenvalue weighted by atomic mass is 35.5. The Morgan fingerprint density at radius 1 is 1.20 bits per heavy atom. The summed E-state index contributed by atoms with van der Waals surface area (Å²) in [4.78, 5) is 12.5. The molecule has 0 spiro atoms. The summed E-state index contributed by atoms with van der Waals surface area (Å²) in [6, 6.07) is 11.5. The van der Waals surface area contributed by atoms with Gasteiger partial charge in [-0.15, -0.1) is 5.10 Å². The summed E-state index contributed by atoms with van der Waals surface area (Å²) in [6.45, 7) is 1.96. The van der Waals surface area contributed by atoms with Crippen molar-refractivity contribution >= 4 is 34.2 Å². The Bertz CT molecular complexity index is 944. The largest absolute Gasteiger partial charge is 0.321 e. The SMILES string of the molecule is Cc1ccc(NC(=O)c2ccc3c(c2)nnn3C2CCCC2)c(Cl)c1. The lowest BCUT2D eigenvalue weighted by molar-refractivity contribution is 0.102. The fourth-order valence-corrected chi connectivity index (χ4v) is 3.70. The highest BCUT2D eigenvalue weighted by Gasteiger charge is 2.20. The Morgan fingerprint density at radius 2 is 2.00 bits per heavy atom. The number of hydrogen-bond donors (Lipinski definition) is 1. The molecule has 1 aliphatic rings. The fraction of sp³-hybridized carbons (Fsp3) is 0.316. The molecule has 25 heavy (non-hydrogen) atoms. The van der Waals surface area contributed by atoms with Crippen molar-refractivity contribution in [3.63, 3.8) is 0 Å². The second-order valence-corrected chi connectivity index (χ2v) is 7.02. The number of benzene rings is 2. The molecule has 2 aromatic carbocycles. The third-order valence-corrected chi connectivity index (χ3v) is 5.09. The molecule has 1 aliphatic carbocycles. The van der Waals surface area contributed by atoms with Gasteiger partial charge in [-0.3, -0.25) is 4.79 Å². The molecule has 128 valence electrons. The predicted octanol–water partition coefficient (Wildman–Crippen LogP) is 4.76. The zero-order chi connectivity index (χ0) is 17.4. The maximum Gasteiger partial charge on any atom is 0.255 e. The highest BCUT2D eigenvalue weighted by Crippen LogP contribution is 2.31. The normalized spacial score (nSPS) is 15.0. The van der Waals surface area contributed by atoms with Crippen molar-refractivity contribution in [1.29, 1.82) is 0 Å². The number of halogens is 1. The average Bonchev–Trinajstić information content (AvgIpc) is 3.25. The van der Waals surface area contributed by atoms with E-state index in [0.29, 0.717) is 22.3 Å². The van der Waals surface area contributed by atoms with E-state index < -0.39 is 0 Å². The molecule has 1 amide bonds. The molecule has 1 fully saturated rings. The number of nitrogens with zero attached hydrogens (tertiary/aromatic N) is 3. The monoisotopic (exact) mass is 354 g/mol. The number of amides is 1. The lowest BCUT2D eigenvalue weighted by atomic mass is 10.1. The van der Waals surface area contributed by atoms with Crippen LogP contribution in [0.1, 0.15) is 47.6 Å². The van der Waals surface area contributed by atoms with Crippen LogP contribution in [0.15, 0.2) is 36.4 Å². The zero-order valence-corrected chi connectivity index (χ0v) is 14.8. The van der Waals surface area contributed by atoms with Gasteiger partial charge in [-0.2, -0.15) is 0 Å². The second kappa shape index (κ2) is 6.48. The van der Waals surface area contributed by atoms with Gasteiger partial charge in [-0.05, 0) is 55.7 Å². The number of anilines is 1. The number of carbonyl (C=O) groups is 1. The molecule has 1 aromatic heterocycles. The van der Waals surface area contributed by atoms with Crippen molar-refractivity contribution in [3.8, 4) is 0 Å². The molecule has 4 rings (SSSR count). The Labute approximate surface area is 151 Å². The molecule has 0 bridgehead atoms. The molecule has 3 aromatic rings. The van der Waals surface area contributed by atoms with Crippen molar-refractivity contribution in [1.82, 2.24) is 15.0 Å². The van der Waals surface area contributed by atoms with E-state index in [-0.39, 0.29) is 5.91 Å². The molecule has 5 nitrogen and oxygen atoms in total. The van der Waals surface area contributed by atoms with Crippen LogP contribution >= 0.6 is 11.6 Å². The minimum absolute atomic E-state index is 0.205. The first-order chi connectivity index (χ1) is 12.1. The summed E-state index contributed by atoms with van der Waals surface area (Å²) in [5, 5.41) is 11.9. The maximum absolute atomic E-state index is 12.5. The molecular weight excluding hydrogens is 336 g/mol. The van der Waals surface area contributed by atoms with E-state index in [0.717, 1.165) is 29.4 Å². The number of aromatic nitrogens is 3. The summed E-state index contributed by atoms with van der Waals surface area (Å²) in [5.41, 5.74) is 3.92. The van der Waals surface area contributed by atoms with Crippen molar-refractivity contribution in [2.45, 2.75) is 38.6 Å². The number of hydrogen-bond acceptors (Lipinski definition) is 3. The molecule has 0 atom stereocenters. The summed E-state index contributed by atoms with van der Waals surface area (Å²) < 4.78 is 2.00. The third-order valence-electron chi connectivity index (χ3n) is 4.78. The fourth-order valence-electron chi connectivity index (χ4n) is 3.42. The summed E-state index contributed by atoms with van der Waals surface area (Å²) in [7, 11) is 0. The van der Waals surface area contributed by atoms with Gasteiger partial charge in [-0.1, -0.05) is 35.7 Å². The summed E-state index contributed by atoms with van der Waals surface area (Å²) >= 11 is 6.19. The molecule has 0 saturated heterocycles. The van der Waals surface area contributed by atoms with Crippen LogP contribution in [0.3, 0.4) is 0 Å². The Morgan fingerprint density at radius 3 is 2.76 bits per heavy atom. The quantitative estimate of drug-likeness (QED) is 0.737. The molecule has 1 saturated carbocycles. The Balaban J connectivity index is 1.59. The standard InChI is InChI=1S/C19H19ClN4O/c1-12-6-8-16(15(20)10-12)21-19(25)13-7-9-18-17(11-13)22-23-24(18)14-4-2-3-5-14/h6-11,14H,2-5H2,1H3,(H,21,25). The molecule has 0 aliphatic heterocycles. The van der Waals surface area contributed by atoms with E-state index in [1.54, 1.807) is 6.07 Å². The van der Waals surface area contributed by atoms with Crippen LogP contribution in [-0.4, -0.2) is 20.9 Å². The number of carbonyl (C=O) groups excluding carboxylic acids is 1. The number of aryl methyl sites for hydroxylation is 1. The Hall–Kier alpha value is -2.40. The smallest absolute Gasteiger partial charge is 0.255 e. The van der Waals surface area contributed by atoms with E-state index in [9.17, 15) is 4.79 Å². The molecule has 0 unspecified atom stereocenters. The van der Waals surface area contributed by atoms with E-state index in [1.165, 1.54) is 12.8 Å². The van der Waals surface area contributed by atoms with Gasteiger partial charge >= 0.3 is 0 Å². The van der Waals surface area contributed by atoms with Crippen molar-refractivity contribution in [3.05, 3.63) is 52.5 Å². The van der Waals surface area contributed by atoms with Crippen LogP contribution in [0.5, 0.6) is 0 Å². The van der Waals surface area contributed by atoms with Gasteiger partial charge in [0, 0.05) is 5.56 Å². The van der Waals surface area contributed by atoms with Crippen molar-refractivity contribution < 1.29 is 4.79 Å². The first-order valence-corrected chi connectivity index (χ1v) is 8.92. The van der Waals surface area contributed by atoms with Crippen molar-refractivity contribution in [2.75, 3.05) is 5.32 Å².